The fraction of sp³-hybridized carbons (Fsp3) is 0.611. The first kappa shape index (κ1) is 19.9. The van der Waals surface area contributed by atoms with E-state index in [9.17, 15) is 13.2 Å². The lowest BCUT2D eigenvalue weighted by molar-refractivity contribution is -0.0586. The van der Waals surface area contributed by atoms with E-state index in [0.29, 0.717) is 37.3 Å². The van der Waals surface area contributed by atoms with E-state index in [1.807, 2.05) is 27.7 Å². The Kier molecular flexibility index (Phi) is 6.24. The second-order valence-electron chi connectivity index (χ2n) is 6.54. The third-order valence-electron chi connectivity index (χ3n) is 4.47. The summed E-state index contributed by atoms with van der Waals surface area (Å²) in [4.78, 5) is 14.8. The molecule has 0 aliphatic carbocycles. The normalized spacial score (nSPS) is 21.6. The smallest absolute Gasteiger partial charge is 0.254 e. The van der Waals surface area contributed by atoms with Gasteiger partial charge in [-0.2, -0.15) is 4.31 Å². The van der Waals surface area contributed by atoms with Gasteiger partial charge in [0.2, 0.25) is 10.0 Å². The molecule has 1 aliphatic heterocycles. The summed E-state index contributed by atoms with van der Waals surface area (Å²) >= 11 is 0. The molecule has 7 heteroatoms. The number of ether oxygens (including phenoxy) is 1. The van der Waals surface area contributed by atoms with Crippen LogP contribution >= 0.6 is 0 Å². The number of nitrogens with zero attached hydrogens (tertiary/aromatic N) is 2. The molecule has 2 atom stereocenters. The second-order valence-corrected chi connectivity index (χ2v) is 8.44. The van der Waals surface area contributed by atoms with Crippen molar-refractivity contribution in [2.24, 2.45) is 0 Å². The van der Waals surface area contributed by atoms with Gasteiger partial charge in [-0.05, 0) is 38.5 Å². The third-order valence-corrected chi connectivity index (χ3v) is 6.66. The number of aryl methyl sites for hydroxylation is 1. The molecule has 0 N–H and O–H groups in total. The molecule has 0 saturated carbocycles. The van der Waals surface area contributed by atoms with E-state index in [1.54, 1.807) is 24.0 Å². The molecule has 0 radical (unpaired) electrons. The molecule has 0 bridgehead atoms. The number of carbonyl (C=O) groups excluding carboxylic acids is 1. The highest BCUT2D eigenvalue weighted by Gasteiger charge is 2.29. The molecule has 1 aliphatic rings. The third kappa shape index (κ3) is 4.22. The van der Waals surface area contributed by atoms with Crippen molar-refractivity contribution in [2.75, 3.05) is 26.2 Å². The highest BCUT2D eigenvalue weighted by molar-refractivity contribution is 7.89. The van der Waals surface area contributed by atoms with Crippen molar-refractivity contribution in [3.05, 3.63) is 29.3 Å². The summed E-state index contributed by atoms with van der Waals surface area (Å²) in [5.41, 5.74) is 1.05. The molecule has 1 aromatic carbocycles. The van der Waals surface area contributed by atoms with Crippen LogP contribution in [-0.4, -0.2) is 61.9 Å². The first-order valence-corrected chi connectivity index (χ1v) is 10.2. The van der Waals surface area contributed by atoms with Crippen LogP contribution in [0.25, 0.3) is 0 Å². The van der Waals surface area contributed by atoms with Gasteiger partial charge in [-0.25, -0.2) is 8.42 Å². The molecular weight excluding hydrogens is 340 g/mol. The van der Waals surface area contributed by atoms with Crippen molar-refractivity contribution < 1.29 is 17.9 Å². The number of sulfonamides is 1. The van der Waals surface area contributed by atoms with Crippen LogP contribution < -0.4 is 0 Å². The predicted molar refractivity (Wildman–Crippen MR) is 97.2 cm³/mol. The standard InChI is InChI=1S/C18H28N2O4S/c1-6-20(7-2)25(22,23)17-10-16(9-8-13(17)3)18(21)19-11-14(4)24-15(5)12-19/h8-10,14-15H,6-7,11-12H2,1-5H3/t14-,15-/m0/s1. The highest BCUT2D eigenvalue weighted by atomic mass is 32.2. The van der Waals surface area contributed by atoms with Gasteiger partial charge < -0.3 is 9.64 Å². The Morgan fingerprint density at radius 2 is 1.76 bits per heavy atom. The largest absolute Gasteiger partial charge is 0.372 e. The van der Waals surface area contributed by atoms with Crippen molar-refractivity contribution in [1.29, 1.82) is 0 Å². The molecule has 140 valence electrons. The van der Waals surface area contributed by atoms with Gasteiger partial charge in [-0.15, -0.1) is 0 Å². The monoisotopic (exact) mass is 368 g/mol. The molecule has 0 aromatic heterocycles. The molecule has 1 aromatic rings. The number of amides is 1. The Morgan fingerprint density at radius 1 is 1.20 bits per heavy atom. The fourth-order valence-electron chi connectivity index (χ4n) is 3.24. The zero-order valence-corrected chi connectivity index (χ0v) is 16.5. The average molecular weight is 368 g/mol. The minimum Gasteiger partial charge on any atom is -0.372 e. The Labute approximate surface area is 150 Å². The van der Waals surface area contributed by atoms with Crippen LogP contribution in [-0.2, 0) is 14.8 Å². The van der Waals surface area contributed by atoms with Crippen LogP contribution in [0.1, 0.15) is 43.6 Å². The number of carbonyl (C=O) groups is 1. The van der Waals surface area contributed by atoms with Crippen LogP contribution in [0.3, 0.4) is 0 Å². The van der Waals surface area contributed by atoms with E-state index >= 15 is 0 Å². The Balaban J connectivity index is 2.37. The van der Waals surface area contributed by atoms with Crippen molar-refractivity contribution in [1.82, 2.24) is 9.21 Å². The average Bonchev–Trinajstić information content (AvgIpc) is 2.54. The fourth-order valence-corrected chi connectivity index (χ4v) is 4.95. The maximum absolute atomic E-state index is 12.9. The number of rotatable bonds is 5. The summed E-state index contributed by atoms with van der Waals surface area (Å²) < 4.78 is 32.8. The van der Waals surface area contributed by atoms with Crippen molar-refractivity contribution >= 4 is 15.9 Å². The Morgan fingerprint density at radius 3 is 2.28 bits per heavy atom. The Bertz CT molecular complexity index is 719. The van der Waals surface area contributed by atoms with Gasteiger partial charge in [0.15, 0.2) is 0 Å². The summed E-state index contributed by atoms with van der Waals surface area (Å²) in [6.45, 7) is 11.0. The maximum Gasteiger partial charge on any atom is 0.254 e. The minimum absolute atomic E-state index is 0.0305. The lowest BCUT2D eigenvalue weighted by Gasteiger charge is -2.35. The van der Waals surface area contributed by atoms with Crippen molar-refractivity contribution in [3.8, 4) is 0 Å². The molecule has 1 amide bonds. The summed E-state index contributed by atoms with van der Waals surface area (Å²) in [5.74, 6) is -0.155. The summed E-state index contributed by atoms with van der Waals surface area (Å²) in [7, 11) is -3.60. The first-order chi connectivity index (χ1) is 11.7. The van der Waals surface area contributed by atoms with Crippen molar-refractivity contribution in [3.63, 3.8) is 0 Å². The number of benzene rings is 1. The SMILES string of the molecule is CCN(CC)S(=O)(=O)c1cc(C(=O)N2C[C@H](C)O[C@@H](C)C2)ccc1C. The van der Waals surface area contributed by atoms with E-state index in [-0.39, 0.29) is 23.0 Å². The molecule has 0 unspecified atom stereocenters. The molecule has 25 heavy (non-hydrogen) atoms. The summed E-state index contributed by atoms with van der Waals surface area (Å²) in [6.07, 6.45) is -0.0611. The molecule has 1 fully saturated rings. The van der Waals surface area contributed by atoms with Gasteiger partial charge in [0.05, 0.1) is 17.1 Å². The topological polar surface area (TPSA) is 66.9 Å². The van der Waals surface area contributed by atoms with Crippen LogP contribution in [0.15, 0.2) is 23.1 Å². The number of hydrogen-bond acceptors (Lipinski definition) is 4. The quantitative estimate of drug-likeness (QED) is 0.800. The molecule has 1 saturated heterocycles. The van der Waals surface area contributed by atoms with Gasteiger partial charge in [0, 0.05) is 31.7 Å². The highest BCUT2D eigenvalue weighted by Crippen LogP contribution is 2.23. The van der Waals surface area contributed by atoms with E-state index in [1.165, 1.54) is 10.4 Å². The van der Waals surface area contributed by atoms with Gasteiger partial charge >= 0.3 is 0 Å². The van der Waals surface area contributed by atoms with E-state index in [4.69, 9.17) is 4.74 Å². The summed E-state index contributed by atoms with van der Waals surface area (Å²) in [5, 5.41) is 0. The van der Waals surface area contributed by atoms with Crippen LogP contribution in [0, 0.1) is 6.92 Å². The van der Waals surface area contributed by atoms with Gasteiger partial charge in [0.25, 0.3) is 5.91 Å². The predicted octanol–water partition coefficient (Wildman–Crippen LogP) is 2.27. The molecule has 0 spiro atoms. The number of morpholine rings is 1. The van der Waals surface area contributed by atoms with Crippen LogP contribution in [0.4, 0.5) is 0 Å². The molecule has 6 nitrogen and oxygen atoms in total. The summed E-state index contributed by atoms with van der Waals surface area (Å²) in [6, 6.07) is 4.91. The minimum atomic E-state index is -3.60. The zero-order chi connectivity index (χ0) is 18.8. The van der Waals surface area contributed by atoms with Crippen molar-refractivity contribution in [2.45, 2.75) is 51.7 Å². The van der Waals surface area contributed by atoms with Crippen LogP contribution in [0.2, 0.25) is 0 Å². The van der Waals surface area contributed by atoms with E-state index in [0.717, 1.165) is 0 Å². The lowest BCUT2D eigenvalue weighted by atomic mass is 10.1. The van der Waals surface area contributed by atoms with Gasteiger partial charge in [0.1, 0.15) is 0 Å². The molecular formula is C18H28N2O4S. The van der Waals surface area contributed by atoms with E-state index < -0.39 is 10.0 Å². The zero-order valence-electron chi connectivity index (χ0n) is 15.7. The number of hydrogen-bond donors (Lipinski definition) is 0. The Hall–Kier alpha value is -1.44. The van der Waals surface area contributed by atoms with Crippen LogP contribution in [0.5, 0.6) is 0 Å². The maximum atomic E-state index is 12.9. The van der Waals surface area contributed by atoms with Gasteiger partial charge in [-0.1, -0.05) is 19.9 Å². The first-order valence-electron chi connectivity index (χ1n) is 8.76. The molecule has 1 heterocycles. The van der Waals surface area contributed by atoms with Gasteiger partial charge in [-0.3, -0.25) is 4.79 Å². The molecule has 2 rings (SSSR count). The second kappa shape index (κ2) is 7.85. The lowest BCUT2D eigenvalue weighted by Crippen LogP contribution is -2.48. The van der Waals surface area contributed by atoms with E-state index in [2.05, 4.69) is 0 Å².